The molecule has 0 aliphatic heterocycles. The van der Waals surface area contributed by atoms with Crippen molar-refractivity contribution >= 4 is 24.8 Å². The molecule has 0 amide bonds. The van der Waals surface area contributed by atoms with E-state index in [1.807, 2.05) is 0 Å². The smallest absolute Gasteiger partial charge is 0.781 e. The van der Waals surface area contributed by atoms with E-state index in [1.54, 1.807) is 0 Å². The van der Waals surface area contributed by atoms with Gasteiger partial charge in [-0.1, -0.05) is 231 Å². The first-order valence-corrected chi connectivity index (χ1v) is 31.4. The molecule has 0 saturated heterocycles. The summed E-state index contributed by atoms with van der Waals surface area (Å²) in [5.74, 6) is 0. The van der Waals surface area contributed by atoms with Crippen LogP contribution in [0.4, 0.5) is 0 Å². The molecule has 1 radical (unpaired) electrons. The van der Waals surface area contributed by atoms with E-state index in [0.29, 0.717) is 19.8 Å². The average Bonchev–Trinajstić information content (AvgIpc) is 3.29. The van der Waals surface area contributed by atoms with Crippen molar-refractivity contribution in [2.75, 3.05) is 19.8 Å². The summed E-state index contributed by atoms with van der Waals surface area (Å²) in [6, 6.07) is 0. The summed E-state index contributed by atoms with van der Waals surface area (Å²) in [7, 11) is -8.89. The van der Waals surface area contributed by atoms with E-state index in [1.165, 1.54) is 231 Å². The Hall–Kier alpha value is 0.202. The van der Waals surface area contributed by atoms with Crippen molar-refractivity contribution in [2.24, 2.45) is 0 Å². The standard InChI is InChI=1S/3C18H37O3P.Cr/c3*1-2-3-4-5-6-7-8-9-10-11-12-13-14-15-16-17-18-21-22(19)20;/h3*9-10,22H,2-8,11-18H2,1H3,(H,19,20);/q;;;+3/p-3. The van der Waals surface area contributed by atoms with Gasteiger partial charge in [-0.25, -0.2) is 0 Å². The van der Waals surface area contributed by atoms with Crippen LogP contribution in [0.15, 0.2) is 36.5 Å². The number of hydrogen-bond donors (Lipinski definition) is 0. The van der Waals surface area contributed by atoms with Crippen LogP contribution in [0.3, 0.4) is 0 Å². The predicted molar refractivity (Wildman–Crippen MR) is 283 cm³/mol. The summed E-state index contributed by atoms with van der Waals surface area (Å²) in [6.07, 6.45) is 66.9. The molecule has 0 saturated carbocycles. The van der Waals surface area contributed by atoms with Gasteiger partial charge in [-0.15, -0.1) is 0 Å². The van der Waals surface area contributed by atoms with Gasteiger partial charge < -0.3 is 41.9 Å². The Bertz CT molecular complexity index is 937. The van der Waals surface area contributed by atoms with Crippen molar-refractivity contribution in [3.63, 3.8) is 0 Å². The van der Waals surface area contributed by atoms with Gasteiger partial charge in [0.1, 0.15) is 24.8 Å². The largest absolute Gasteiger partial charge is 3.00 e. The topological polar surface area (TPSA) is 148 Å². The molecule has 13 heteroatoms. The minimum absolute atomic E-state index is 0. The summed E-state index contributed by atoms with van der Waals surface area (Å²) in [5, 5.41) is 0. The SMILES string of the molecule is CCCCCCCCC=CCCCCCCCCO[PH](=O)[O-].CCCCCCCCC=CCCCCCCCCO[PH](=O)[O-].CCCCCCCCC=CCCCCCCCCO[PH](=O)[O-].[Cr+3]. The second-order valence-corrected chi connectivity index (χ2v) is 20.5. The molecule has 0 aromatic rings. The quantitative estimate of drug-likeness (QED) is 0.0330. The first kappa shape index (κ1) is 73.7. The van der Waals surface area contributed by atoms with Crippen LogP contribution in [0, 0.1) is 0 Å². The third kappa shape index (κ3) is 83.4. The molecule has 399 valence electrons. The fraction of sp³-hybridized carbons (Fsp3) is 0.889. The van der Waals surface area contributed by atoms with Crippen LogP contribution in [-0.4, -0.2) is 19.8 Å². The molecule has 3 atom stereocenters. The van der Waals surface area contributed by atoms with Crippen molar-refractivity contribution < 1.29 is 59.3 Å². The molecule has 0 aromatic heterocycles. The van der Waals surface area contributed by atoms with Gasteiger partial charge in [0.15, 0.2) is 0 Å². The molecule has 0 aliphatic carbocycles. The maximum absolute atomic E-state index is 10.2. The van der Waals surface area contributed by atoms with E-state index in [4.69, 9.17) is 0 Å². The molecule has 67 heavy (non-hydrogen) atoms. The van der Waals surface area contributed by atoms with Gasteiger partial charge in [-0.05, 0) is 96.3 Å². The fourth-order valence-corrected chi connectivity index (χ4v) is 8.45. The minimum Gasteiger partial charge on any atom is -0.781 e. The average molecular weight is 1050 g/mol. The van der Waals surface area contributed by atoms with E-state index in [2.05, 4.69) is 70.8 Å². The Kier molecular flexibility index (Phi) is 77.5. The molecular weight excluding hydrogens is 938 g/mol. The van der Waals surface area contributed by atoms with Gasteiger partial charge in [-0.3, -0.25) is 0 Å². The van der Waals surface area contributed by atoms with Gasteiger partial charge >= 0.3 is 17.4 Å². The molecule has 3 unspecified atom stereocenters. The number of hydrogen-bond acceptors (Lipinski definition) is 9. The molecule has 0 heterocycles. The summed E-state index contributed by atoms with van der Waals surface area (Å²) in [5.41, 5.74) is 0. The van der Waals surface area contributed by atoms with Crippen LogP contribution in [0.5, 0.6) is 0 Å². The van der Waals surface area contributed by atoms with Gasteiger partial charge in [0.25, 0.3) is 0 Å². The zero-order valence-corrected chi connectivity index (χ0v) is 48.1. The van der Waals surface area contributed by atoms with Gasteiger partial charge in [-0.2, -0.15) is 0 Å². The van der Waals surface area contributed by atoms with Crippen LogP contribution in [0.2, 0.25) is 0 Å². The van der Waals surface area contributed by atoms with E-state index in [-0.39, 0.29) is 17.4 Å². The van der Waals surface area contributed by atoms with Crippen molar-refractivity contribution in [3.8, 4) is 0 Å². The fourth-order valence-electron chi connectivity index (χ4n) is 7.52. The summed E-state index contributed by atoms with van der Waals surface area (Å²) >= 11 is 0. The maximum Gasteiger partial charge on any atom is 3.00 e. The Labute approximate surface area is 428 Å². The molecule has 9 nitrogen and oxygen atoms in total. The maximum atomic E-state index is 10.2. The van der Waals surface area contributed by atoms with Crippen LogP contribution in [0.1, 0.15) is 290 Å². The minimum atomic E-state index is -2.96. The molecule has 0 N–H and O–H groups in total. The summed E-state index contributed by atoms with van der Waals surface area (Å²) in [4.78, 5) is 30.6. The number of allylic oxidation sites excluding steroid dienone is 6. The molecule has 0 fully saturated rings. The van der Waals surface area contributed by atoms with Crippen molar-refractivity contribution in [1.29, 1.82) is 0 Å². The van der Waals surface area contributed by atoms with Gasteiger partial charge in [0, 0.05) is 0 Å². The van der Waals surface area contributed by atoms with Crippen LogP contribution >= 0.6 is 24.8 Å². The summed E-state index contributed by atoms with van der Waals surface area (Å²) in [6.45, 7) is 7.87. The van der Waals surface area contributed by atoms with Gasteiger partial charge in [0.05, 0.1) is 19.8 Å². The molecular formula is C54H108CrO9P3. The first-order valence-electron chi connectivity index (χ1n) is 27.8. The Morgan fingerprint density at radius 1 is 0.269 bits per heavy atom. The predicted octanol–water partition coefficient (Wildman–Crippen LogP) is 17.4. The third-order valence-electron chi connectivity index (χ3n) is 11.6. The molecule has 0 aliphatic rings. The Morgan fingerprint density at radius 2 is 0.418 bits per heavy atom. The van der Waals surface area contributed by atoms with Crippen LogP contribution in [0.25, 0.3) is 0 Å². The normalized spacial score (nSPS) is 12.8. The molecule has 0 spiro atoms. The Morgan fingerprint density at radius 3 is 0.582 bits per heavy atom. The second-order valence-electron chi connectivity index (χ2n) is 18.1. The van der Waals surface area contributed by atoms with Crippen molar-refractivity contribution in [1.82, 2.24) is 0 Å². The molecule has 0 bridgehead atoms. The van der Waals surface area contributed by atoms with Gasteiger partial charge in [0.2, 0.25) is 0 Å². The van der Waals surface area contributed by atoms with E-state index < -0.39 is 24.8 Å². The second kappa shape index (κ2) is 70.5. The van der Waals surface area contributed by atoms with E-state index in [0.717, 1.165) is 38.5 Å². The molecule has 0 rings (SSSR count). The van der Waals surface area contributed by atoms with Crippen LogP contribution in [-0.2, 0) is 44.6 Å². The van der Waals surface area contributed by atoms with E-state index >= 15 is 0 Å². The summed E-state index contributed by atoms with van der Waals surface area (Å²) < 4.78 is 44.2. The molecule has 0 aromatic carbocycles. The Balaban J connectivity index is -0.000000441. The number of rotatable bonds is 51. The van der Waals surface area contributed by atoms with Crippen molar-refractivity contribution in [2.45, 2.75) is 290 Å². The number of unbranched alkanes of at least 4 members (excludes halogenated alkanes) is 36. The zero-order valence-electron chi connectivity index (χ0n) is 43.9. The first-order chi connectivity index (χ1) is 32.3. The third-order valence-corrected chi connectivity index (χ3v) is 12.9. The van der Waals surface area contributed by atoms with Crippen LogP contribution < -0.4 is 14.7 Å². The van der Waals surface area contributed by atoms with Crippen molar-refractivity contribution in [3.05, 3.63) is 36.5 Å². The van der Waals surface area contributed by atoms with E-state index in [9.17, 15) is 28.4 Å². The monoisotopic (exact) mass is 1050 g/mol. The zero-order chi connectivity index (χ0) is 48.9.